The number of non-ortho nitro benzene ring substituents is 1. The van der Waals surface area contributed by atoms with Crippen molar-refractivity contribution in [1.29, 1.82) is 0 Å². The van der Waals surface area contributed by atoms with E-state index in [1.54, 1.807) is 0 Å². The van der Waals surface area contributed by atoms with Crippen molar-refractivity contribution in [3.63, 3.8) is 0 Å². The van der Waals surface area contributed by atoms with E-state index < -0.39 is 11.1 Å². The number of benzene rings is 1. The van der Waals surface area contributed by atoms with Crippen LogP contribution in [0.25, 0.3) is 0 Å². The van der Waals surface area contributed by atoms with Gasteiger partial charge in [-0.15, -0.1) is 0 Å². The minimum absolute atomic E-state index is 0.0399. The first-order valence-electron chi connectivity index (χ1n) is 4.69. The van der Waals surface area contributed by atoms with E-state index in [4.69, 9.17) is 4.74 Å². The summed E-state index contributed by atoms with van der Waals surface area (Å²) in [4.78, 5) is 21.1. The van der Waals surface area contributed by atoms with E-state index in [0.29, 0.717) is 0 Å². The highest BCUT2D eigenvalue weighted by molar-refractivity contribution is 5.66. The van der Waals surface area contributed by atoms with Gasteiger partial charge in [0.1, 0.15) is 12.0 Å². The van der Waals surface area contributed by atoms with Crippen molar-refractivity contribution in [3.8, 4) is 11.6 Å². The van der Waals surface area contributed by atoms with Crippen LogP contribution in [-0.2, 0) is 0 Å². The third-order valence-electron chi connectivity index (χ3n) is 1.85. The Balaban J connectivity index is 1.97. The molecule has 92 valence electrons. The second-order valence-corrected chi connectivity index (χ2v) is 3.04. The van der Waals surface area contributed by atoms with E-state index in [2.05, 4.69) is 14.4 Å². The van der Waals surface area contributed by atoms with Crippen LogP contribution in [0.5, 0.6) is 11.6 Å². The van der Waals surface area contributed by atoms with Crippen LogP contribution >= 0.6 is 0 Å². The van der Waals surface area contributed by atoms with Crippen molar-refractivity contribution in [2.75, 3.05) is 0 Å². The van der Waals surface area contributed by atoms with Gasteiger partial charge in [0, 0.05) is 18.2 Å². The number of hydrogen-bond acceptors (Lipinski definition) is 7. The topological polar surface area (TPSA) is 105 Å². The molecule has 8 nitrogen and oxygen atoms in total. The molecule has 8 heteroatoms. The SMILES string of the molecule is O=C(Oc1ccc([N+](=O)[O-])cc1)Oc1ccon1. The molecular formula is C10H6N2O6. The van der Waals surface area contributed by atoms with Crippen molar-refractivity contribution in [2.24, 2.45) is 0 Å². The standard InChI is InChI=1S/C10H6N2O6/c13-10(18-9-5-6-16-11-9)17-8-3-1-7(2-4-8)12(14)15/h1-6H. The largest absolute Gasteiger partial charge is 0.520 e. The summed E-state index contributed by atoms with van der Waals surface area (Å²) in [5.74, 6) is 0.0796. The van der Waals surface area contributed by atoms with Crippen molar-refractivity contribution < 1.29 is 23.7 Å². The van der Waals surface area contributed by atoms with Crippen LogP contribution in [-0.4, -0.2) is 16.2 Å². The highest BCUT2D eigenvalue weighted by atomic mass is 16.7. The highest BCUT2D eigenvalue weighted by Gasteiger charge is 2.11. The summed E-state index contributed by atoms with van der Waals surface area (Å²) in [6.45, 7) is 0. The molecule has 0 aliphatic carbocycles. The monoisotopic (exact) mass is 250 g/mol. The zero-order valence-corrected chi connectivity index (χ0v) is 8.81. The highest BCUT2D eigenvalue weighted by Crippen LogP contribution is 2.18. The fourth-order valence-corrected chi connectivity index (χ4v) is 1.09. The van der Waals surface area contributed by atoms with Gasteiger partial charge >= 0.3 is 6.16 Å². The molecule has 2 rings (SSSR count). The summed E-state index contributed by atoms with van der Waals surface area (Å²) in [7, 11) is 0. The Labute approximate surface area is 99.9 Å². The smallest absolute Gasteiger partial charge is 0.395 e. The number of carbonyl (C=O) groups excluding carboxylic acids is 1. The summed E-state index contributed by atoms with van der Waals surface area (Å²) in [6.07, 6.45) is 0.215. The quantitative estimate of drug-likeness (QED) is 0.355. The Morgan fingerprint density at radius 2 is 1.94 bits per heavy atom. The van der Waals surface area contributed by atoms with Gasteiger partial charge in [-0.25, -0.2) is 4.79 Å². The molecule has 0 saturated heterocycles. The molecule has 1 aromatic heterocycles. The van der Waals surface area contributed by atoms with Crippen LogP contribution < -0.4 is 9.47 Å². The van der Waals surface area contributed by atoms with Gasteiger partial charge in [-0.3, -0.25) is 10.1 Å². The predicted octanol–water partition coefficient (Wildman–Crippen LogP) is 2.16. The van der Waals surface area contributed by atoms with Crippen LogP contribution in [0.1, 0.15) is 0 Å². The molecule has 0 saturated carbocycles. The van der Waals surface area contributed by atoms with Crippen LogP contribution in [0.4, 0.5) is 10.5 Å². The Morgan fingerprint density at radius 1 is 1.22 bits per heavy atom. The van der Waals surface area contributed by atoms with Gasteiger partial charge in [0.15, 0.2) is 0 Å². The molecule has 0 N–H and O–H groups in total. The maximum absolute atomic E-state index is 11.2. The lowest BCUT2D eigenvalue weighted by molar-refractivity contribution is -0.384. The summed E-state index contributed by atoms with van der Waals surface area (Å²) in [5.41, 5.74) is -0.104. The minimum atomic E-state index is -1.02. The Morgan fingerprint density at radius 3 is 2.50 bits per heavy atom. The molecule has 1 heterocycles. The third-order valence-corrected chi connectivity index (χ3v) is 1.85. The molecule has 2 aromatic rings. The first kappa shape index (κ1) is 11.6. The Bertz CT molecular complexity index is 548. The maximum Gasteiger partial charge on any atom is 0.520 e. The van der Waals surface area contributed by atoms with Gasteiger partial charge in [-0.1, -0.05) is 0 Å². The molecular weight excluding hydrogens is 244 g/mol. The average molecular weight is 250 g/mol. The molecule has 18 heavy (non-hydrogen) atoms. The van der Waals surface area contributed by atoms with Crippen LogP contribution in [0.2, 0.25) is 0 Å². The van der Waals surface area contributed by atoms with Crippen LogP contribution in [0.15, 0.2) is 41.1 Å². The van der Waals surface area contributed by atoms with Crippen molar-refractivity contribution >= 4 is 11.8 Å². The van der Waals surface area contributed by atoms with E-state index in [-0.39, 0.29) is 17.3 Å². The molecule has 0 aliphatic rings. The van der Waals surface area contributed by atoms with Crippen molar-refractivity contribution in [1.82, 2.24) is 5.16 Å². The van der Waals surface area contributed by atoms with E-state index in [9.17, 15) is 14.9 Å². The second-order valence-electron chi connectivity index (χ2n) is 3.04. The van der Waals surface area contributed by atoms with E-state index >= 15 is 0 Å². The predicted molar refractivity (Wildman–Crippen MR) is 56.3 cm³/mol. The van der Waals surface area contributed by atoms with E-state index in [0.717, 1.165) is 0 Å². The molecule has 0 spiro atoms. The number of carbonyl (C=O) groups is 1. The van der Waals surface area contributed by atoms with Crippen molar-refractivity contribution in [3.05, 3.63) is 46.7 Å². The molecule has 0 atom stereocenters. The molecule has 0 fully saturated rings. The van der Waals surface area contributed by atoms with Gasteiger partial charge in [0.2, 0.25) is 0 Å². The number of nitro groups is 1. The van der Waals surface area contributed by atoms with Gasteiger partial charge in [-0.2, -0.15) is 0 Å². The maximum atomic E-state index is 11.2. The third kappa shape index (κ3) is 2.82. The van der Waals surface area contributed by atoms with Gasteiger partial charge in [-0.05, 0) is 17.3 Å². The minimum Gasteiger partial charge on any atom is -0.395 e. The molecule has 0 aliphatic heterocycles. The molecule has 0 bridgehead atoms. The zero-order chi connectivity index (χ0) is 13.0. The molecule has 0 radical (unpaired) electrons. The summed E-state index contributed by atoms with van der Waals surface area (Å²) < 4.78 is 13.8. The van der Waals surface area contributed by atoms with Gasteiger partial charge in [0.25, 0.3) is 11.6 Å². The Hall–Kier alpha value is -2.90. The number of rotatable bonds is 3. The van der Waals surface area contributed by atoms with Gasteiger partial charge < -0.3 is 14.0 Å². The van der Waals surface area contributed by atoms with Crippen molar-refractivity contribution in [2.45, 2.75) is 0 Å². The number of nitrogens with zero attached hydrogens (tertiary/aromatic N) is 2. The first-order chi connectivity index (χ1) is 8.65. The second kappa shape index (κ2) is 4.95. The summed E-state index contributed by atoms with van der Waals surface area (Å²) in [5, 5.41) is 13.7. The number of nitro benzene ring substituents is 1. The first-order valence-corrected chi connectivity index (χ1v) is 4.69. The summed E-state index contributed by atoms with van der Waals surface area (Å²) >= 11 is 0. The lowest BCUT2D eigenvalue weighted by atomic mass is 10.3. The van der Waals surface area contributed by atoms with Gasteiger partial charge in [0.05, 0.1) is 4.92 Å². The lowest BCUT2D eigenvalue weighted by Crippen LogP contribution is -2.13. The molecule has 0 amide bonds. The lowest BCUT2D eigenvalue weighted by Gasteiger charge is -2.02. The molecule has 1 aromatic carbocycles. The van der Waals surface area contributed by atoms with E-state index in [1.807, 2.05) is 0 Å². The van der Waals surface area contributed by atoms with Crippen LogP contribution in [0.3, 0.4) is 0 Å². The molecule has 0 unspecified atom stereocenters. The fraction of sp³-hybridized carbons (Fsp3) is 0. The fourth-order valence-electron chi connectivity index (χ4n) is 1.09. The average Bonchev–Trinajstić information content (AvgIpc) is 2.82. The number of ether oxygens (including phenoxy) is 2. The zero-order valence-electron chi connectivity index (χ0n) is 8.81. The van der Waals surface area contributed by atoms with E-state index in [1.165, 1.54) is 36.6 Å². The number of hydrogen-bond donors (Lipinski definition) is 0. The summed E-state index contributed by atoms with van der Waals surface area (Å²) in [6, 6.07) is 6.30. The Kier molecular flexibility index (Phi) is 3.19. The normalized spacial score (nSPS) is 9.78. The van der Waals surface area contributed by atoms with Crippen LogP contribution in [0, 0.1) is 10.1 Å². The number of aromatic nitrogens is 1.